The SMILES string of the molecule is Cc1cc(=O)n(CCC(=O)N2CCCN(c3ccccn3)CC2)c2ccccc12. The molecular formula is C23H26N4O2. The number of carbonyl (C=O) groups excluding carboxylic acids is 1. The Hall–Kier alpha value is -3.15. The van der Waals surface area contributed by atoms with Crippen molar-refractivity contribution in [2.75, 3.05) is 31.1 Å². The van der Waals surface area contributed by atoms with Gasteiger partial charge >= 0.3 is 0 Å². The maximum absolute atomic E-state index is 12.9. The molecule has 1 aliphatic rings. The Morgan fingerprint density at radius 2 is 1.86 bits per heavy atom. The van der Waals surface area contributed by atoms with Crippen molar-refractivity contribution in [3.8, 4) is 0 Å². The van der Waals surface area contributed by atoms with Gasteiger partial charge < -0.3 is 14.4 Å². The average molecular weight is 390 g/mol. The third-order valence-electron chi connectivity index (χ3n) is 5.60. The van der Waals surface area contributed by atoms with Gasteiger partial charge in [-0.15, -0.1) is 0 Å². The molecule has 0 atom stereocenters. The highest BCUT2D eigenvalue weighted by Crippen LogP contribution is 2.17. The summed E-state index contributed by atoms with van der Waals surface area (Å²) in [4.78, 5) is 33.9. The number of pyridine rings is 2. The van der Waals surface area contributed by atoms with Crippen molar-refractivity contribution < 1.29 is 4.79 Å². The highest BCUT2D eigenvalue weighted by atomic mass is 16.2. The number of aryl methyl sites for hydroxylation is 2. The molecule has 0 radical (unpaired) electrons. The Balaban J connectivity index is 1.43. The minimum atomic E-state index is -0.0498. The van der Waals surface area contributed by atoms with Crippen LogP contribution in [0.4, 0.5) is 5.82 Å². The molecule has 0 unspecified atom stereocenters. The zero-order valence-electron chi connectivity index (χ0n) is 16.8. The molecular weight excluding hydrogens is 364 g/mol. The van der Waals surface area contributed by atoms with Gasteiger partial charge in [0.15, 0.2) is 0 Å². The van der Waals surface area contributed by atoms with Gasteiger partial charge in [-0.2, -0.15) is 0 Å². The molecule has 3 heterocycles. The molecule has 0 bridgehead atoms. The van der Waals surface area contributed by atoms with E-state index in [0.717, 1.165) is 48.3 Å². The van der Waals surface area contributed by atoms with Crippen molar-refractivity contribution in [2.24, 2.45) is 0 Å². The molecule has 0 N–H and O–H groups in total. The molecule has 150 valence electrons. The highest BCUT2D eigenvalue weighted by molar-refractivity contribution is 5.82. The van der Waals surface area contributed by atoms with Crippen LogP contribution < -0.4 is 10.5 Å². The van der Waals surface area contributed by atoms with Crippen molar-refractivity contribution in [1.82, 2.24) is 14.5 Å². The third kappa shape index (κ3) is 4.16. The summed E-state index contributed by atoms with van der Waals surface area (Å²) in [6.07, 6.45) is 3.04. The predicted octanol–water partition coefficient (Wildman–Crippen LogP) is 2.83. The van der Waals surface area contributed by atoms with E-state index in [9.17, 15) is 9.59 Å². The molecule has 1 fully saturated rings. The number of aromatic nitrogens is 2. The van der Waals surface area contributed by atoms with E-state index in [2.05, 4.69) is 9.88 Å². The highest BCUT2D eigenvalue weighted by Gasteiger charge is 2.20. The lowest BCUT2D eigenvalue weighted by molar-refractivity contribution is -0.131. The van der Waals surface area contributed by atoms with Gasteiger partial charge in [-0.3, -0.25) is 9.59 Å². The topological polar surface area (TPSA) is 58.4 Å². The fourth-order valence-electron chi connectivity index (χ4n) is 4.04. The number of fused-ring (bicyclic) bond motifs is 1. The number of hydrogen-bond acceptors (Lipinski definition) is 4. The Bertz CT molecular complexity index is 1060. The van der Waals surface area contributed by atoms with E-state index in [1.165, 1.54) is 0 Å². The van der Waals surface area contributed by atoms with E-state index in [1.54, 1.807) is 16.8 Å². The van der Waals surface area contributed by atoms with Crippen LogP contribution >= 0.6 is 0 Å². The molecule has 1 aromatic carbocycles. The maximum Gasteiger partial charge on any atom is 0.251 e. The summed E-state index contributed by atoms with van der Waals surface area (Å²) in [6.45, 7) is 5.44. The fourth-order valence-corrected chi connectivity index (χ4v) is 4.04. The van der Waals surface area contributed by atoms with Crippen molar-refractivity contribution >= 4 is 22.6 Å². The summed E-state index contributed by atoms with van der Waals surface area (Å²) < 4.78 is 1.72. The lowest BCUT2D eigenvalue weighted by atomic mass is 10.1. The van der Waals surface area contributed by atoms with Crippen LogP contribution in [0.15, 0.2) is 59.5 Å². The molecule has 0 spiro atoms. The third-order valence-corrected chi connectivity index (χ3v) is 5.60. The lowest BCUT2D eigenvalue weighted by Crippen LogP contribution is -2.36. The van der Waals surface area contributed by atoms with Gasteiger partial charge in [0.05, 0.1) is 5.52 Å². The first-order valence-electron chi connectivity index (χ1n) is 10.2. The summed E-state index contributed by atoms with van der Waals surface area (Å²) in [6, 6.07) is 15.4. The molecule has 1 aliphatic heterocycles. The first-order chi connectivity index (χ1) is 14.1. The largest absolute Gasteiger partial charge is 0.355 e. The number of hydrogen-bond donors (Lipinski definition) is 0. The van der Waals surface area contributed by atoms with Gasteiger partial charge in [-0.05, 0) is 37.1 Å². The summed E-state index contributed by atoms with van der Waals surface area (Å²) >= 11 is 0. The number of benzene rings is 1. The number of para-hydroxylation sites is 1. The average Bonchev–Trinajstić information content (AvgIpc) is 3.00. The van der Waals surface area contributed by atoms with E-state index < -0.39 is 0 Å². The van der Waals surface area contributed by atoms with Crippen LogP contribution in [-0.2, 0) is 11.3 Å². The minimum Gasteiger partial charge on any atom is -0.355 e. The summed E-state index contributed by atoms with van der Waals surface area (Å²) in [5, 5.41) is 1.06. The lowest BCUT2D eigenvalue weighted by Gasteiger charge is -2.23. The standard InChI is InChI=1S/C23H26N4O2/c1-18-17-23(29)27(20-8-3-2-7-19(18)20)14-10-22(28)26-13-6-12-25(15-16-26)21-9-4-5-11-24-21/h2-5,7-9,11,17H,6,10,12-16H2,1H3. The monoisotopic (exact) mass is 390 g/mol. The van der Waals surface area contributed by atoms with Crippen LogP contribution in [-0.4, -0.2) is 46.5 Å². The molecule has 4 rings (SSSR count). The normalized spacial score (nSPS) is 14.8. The second-order valence-electron chi connectivity index (χ2n) is 7.49. The summed E-state index contributed by atoms with van der Waals surface area (Å²) in [7, 11) is 0. The van der Waals surface area contributed by atoms with Gasteiger partial charge in [0.1, 0.15) is 5.82 Å². The van der Waals surface area contributed by atoms with E-state index in [4.69, 9.17) is 0 Å². The Morgan fingerprint density at radius 1 is 1.03 bits per heavy atom. The summed E-state index contributed by atoms with van der Waals surface area (Å²) in [5.41, 5.74) is 1.81. The van der Waals surface area contributed by atoms with Crippen molar-refractivity contribution in [3.05, 3.63) is 70.6 Å². The number of carbonyl (C=O) groups is 1. The Morgan fingerprint density at radius 3 is 2.69 bits per heavy atom. The van der Waals surface area contributed by atoms with E-state index in [-0.39, 0.29) is 11.5 Å². The van der Waals surface area contributed by atoms with E-state index in [0.29, 0.717) is 19.5 Å². The molecule has 2 aromatic heterocycles. The van der Waals surface area contributed by atoms with Crippen LogP contribution in [0, 0.1) is 6.92 Å². The molecule has 0 saturated carbocycles. The van der Waals surface area contributed by atoms with E-state index >= 15 is 0 Å². The van der Waals surface area contributed by atoms with Crippen LogP contribution in [0.5, 0.6) is 0 Å². The van der Waals surface area contributed by atoms with Gasteiger partial charge in [0, 0.05) is 56.8 Å². The smallest absolute Gasteiger partial charge is 0.251 e. The summed E-state index contributed by atoms with van der Waals surface area (Å²) in [5.74, 6) is 1.06. The Labute approximate surface area is 170 Å². The second kappa shape index (κ2) is 8.47. The van der Waals surface area contributed by atoms with Crippen molar-refractivity contribution in [3.63, 3.8) is 0 Å². The fraction of sp³-hybridized carbons (Fsp3) is 0.348. The zero-order chi connectivity index (χ0) is 20.2. The first-order valence-corrected chi connectivity index (χ1v) is 10.2. The zero-order valence-corrected chi connectivity index (χ0v) is 16.8. The van der Waals surface area contributed by atoms with Gasteiger partial charge in [0.2, 0.25) is 5.91 Å². The van der Waals surface area contributed by atoms with Gasteiger partial charge in [-0.1, -0.05) is 24.3 Å². The van der Waals surface area contributed by atoms with Crippen LogP contribution in [0.2, 0.25) is 0 Å². The molecule has 6 nitrogen and oxygen atoms in total. The number of amides is 1. The Kier molecular flexibility index (Phi) is 5.60. The molecule has 1 saturated heterocycles. The molecule has 0 aliphatic carbocycles. The number of anilines is 1. The number of rotatable bonds is 4. The molecule has 6 heteroatoms. The van der Waals surface area contributed by atoms with Crippen LogP contribution in [0.3, 0.4) is 0 Å². The second-order valence-corrected chi connectivity index (χ2v) is 7.49. The number of nitrogens with zero attached hydrogens (tertiary/aromatic N) is 4. The quantitative estimate of drug-likeness (QED) is 0.687. The molecule has 3 aromatic rings. The van der Waals surface area contributed by atoms with Crippen molar-refractivity contribution in [1.29, 1.82) is 0 Å². The van der Waals surface area contributed by atoms with Gasteiger partial charge in [-0.25, -0.2) is 4.98 Å². The van der Waals surface area contributed by atoms with Gasteiger partial charge in [0.25, 0.3) is 5.56 Å². The van der Waals surface area contributed by atoms with Crippen LogP contribution in [0.1, 0.15) is 18.4 Å². The van der Waals surface area contributed by atoms with E-state index in [1.807, 2.05) is 54.3 Å². The van der Waals surface area contributed by atoms with Crippen LogP contribution in [0.25, 0.3) is 10.9 Å². The maximum atomic E-state index is 12.9. The van der Waals surface area contributed by atoms with Crippen molar-refractivity contribution in [2.45, 2.75) is 26.3 Å². The minimum absolute atomic E-state index is 0.0498. The predicted molar refractivity (Wildman–Crippen MR) is 115 cm³/mol. The molecule has 1 amide bonds. The molecule has 29 heavy (non-hydrogen) atoms. The first kappa shape index (κ1) is 19.2.